The smallest absolute Gasteiger partial charge is 0.249 e. The number of halogens is 2. The van der Waals surface area contributed by atoms with Crippen LogP contribution in [0.15, 0.2) is 59.2 Å². The van der Waals surface area contributed by atoms with E-state index in [4.69, 9.17) is 11.6 Å². The van der Waals surface area contributed by atoms with E-state index in [0.29, 0.717) is 16.8 Å². The number of aromatic nitrogens is 3. The summed E-state index contributed by atoms with van der Waals surface area (Å²) in [7, 11) is 0. The van der Waals surface area contributed by atoms with Crippen molar-refractivity contribution in [2.45, 2.75) is 0 Å². The number of anilines is 4. The van der Waals surface area contributed by atoms with E-state index < -0.39 is 0 Å². The molecule has 1 heterocycles. The lowest BCUT2D eigenvalue weighted by Gasteiger charge is -2.08. The van der Waals surface area contributed by atoms with Gasteiger partial charge in [-0.1, -0.05) is 33.6 Å². The number of hydrogen-bond donors (Lipinski definition) is 2. The van der Waals surface area contributed by atoms with Gasteiger partial charge in [0.1, 0.15) is 0 Å². The fourth-order valence-corrected chi connectivity index (χ4v) is 2.25. The average Bonchev–Trinajstić information content (AvgIpc) is 2.50. The van der Waals surface area contributed by atoms with Crippen molar-refractivity contribution in [1.82, 2.24) is 15.2 Å². The minimum Gasteiger partial charge on any atom is -0.339 e. The van der Waals surface area contributed by atoms with Crippen molar-refractivity contribution in [1.29, 1.82) is 0 Å². The summed E-state index contributed by atoms with van der Waals surface area (Å²) in [5.41, 5.74) is 1.72. The molecule has 3 rings (SSSR count). The molecule has 0 radical (unpaired) electrons. The summed E-state index contributed by atoms with van der Waals surface area (Å²) >= 11 is 9.35. The van der Waals surface area contributed by atoms with E-state index in [1.54, 1.807) is 18.3 Å². The summed E-state index contributed by atoms with van der Waals surface area (Å²) in [5.74, 6) is 0.992. The standard InChI is InChI=1S/C15H11BrClN5/c16-10-4-6-12(7-5-10)19-14-9-18-22-15(21-14)20-13-3-1-2-11(17)8-13/h1-9H,(H2,19,20,21,22). The monoisotopic (exact) mass is 375 g/mol. The quantitative estimate of drug-likeness (QED) is 0.686. The number of nitrogens with zero attached hydrogens (tertiary/aromatic N) is 3. The Bertz CT molecular complexity index is 779. The first-order valence-electron chi connectivity index (χ1n) is 6.44. The van der Waals surface area contributed by atoms with Gasteiger partial charge in [0.25, 0.3) is 0 Å². The molecule has 7 heteroatoms. The molecule has 0 fully saturated rings. The second kappa shape index (κ2) is 6.72. The summed E-state index contributed by atoms with van der Waals surface area (Å²) in [6, 6.07) is 15.1. The maximum Gasteiger partial charge on any atom is 0.249 e. The van der Waals surface area contributed by atoms with Crippen LogP contribution < -0.4 is 10.6 Å². The molecule has 0 aliphatic rings. The normalized spacial score (nSPS) is 10.3. The Morgan fingerprint density at radius 3 is 2.55 bits per heavy atom. The summed E-state index contributed by atoms with van der Waals surface area (Å²) in [5, 5.41) is 14.8. The van der Waals surface area contributed by atoms with Gasteiger partial charge in [-0.25, -0.2) is 0 Å². The zero-order chi connectivity index (χ0) is 15.4. The van der Waals surface area contributed by atoms with Crippen molar-refractivity contribution in [2.75, 3.05) is 10.6 Å². The Morgan fingerprint density at radius 2 is 1.77 bits per heavy atom. The Kier molecular flexibility index (Phi) is 4.50. The largest absolute Gasteiger partial charge is 0.339 e. The van der Waals surface area contributed by atoms with Crippen LogP contribution in [0.3, 0.4) is 0 Å². The molecule has 3 aromatic rings. The maximum atomic E-state index is 5.95. The third-order valence-electron chi connectivity index (χ3n) is 2.76. The summed E-state index contributed by atoms with van der Waals surface area (Å²) in [6.07, 6.45) is 1.56. The SMILES string of the molecule is Clc1cccc(Nc2nncc(Nc3ccc(Br)cc3)n2)c1. The van der Waals surface area contributed by atoms with Crippen LogP contribution in [-0.4, -0.2) is 15.2 Å². The van der Waals surface area contributed by atoms with E-state index in [1.807, 2.05) is 36.4 Å². The molecule has 0 amide bonds. The molecule has 0 bridgehead atoms. The van der Waals surface area contributed by atoms with E-state index >= 15 is 0 Å². The first-order chi connectivity index (χ1) is 10.7. The Labute approximate surface area is 140 Å². The van der Waals surface area contributed by atoms with Crippen molar-refractivity contribution in [2.24, 2.45) is 0 Å². The highest BCUT2D eigenvalue weighted by Crippen LogP contribution is 2.20. The zero-order valence-corrected chi connectivity index (χ0v) is 13.6. The number of rotatable bonds is 4. The van der Waals surface area contributed by atoms with Gasteiger partial charge >= 0.3 is 0 Å². The lowest BCUT2D eigenvalue weighted by molar-refractivity contribution is 0.982. The average molecular weight is 377 g/mol. The molecular weight excluding hydrogens is 366 g/mol. The van der Waals surface area contributed by atoms with Gasteiger partial charge in [0, 0.05) is 20.9 Å². The molecule has 1 aromatic heterocycles. The predicted molar refractivity (Wildman–Crippen MR) is 92.0 cm³/mol. The zero-order valence-electron chi connectivity index (χ0n) is 11.3. The number of nitrogens with one attached hydrogen (secondary N) is 2. The van der Waals surface area contributed by atoms with E-state index in [1.165, 1.54) is 0 Å². The second-order valence-corrected chi connectivity index (χ2v) is 5.78. The molecule has 5 nitrogen and oxygen atoms in total. The summed E-state index contributed by atoms with van der Waals surface area (Å²) in [6.45, 7) is 0. The number of benzene rings is 2. The molecule has 0 aliphatic heterocycles. The summed E-state index contributed by atoms with van der Waals surface area (Å²) < 4.78 is 1.02. The lowest BCUT2D eigenvalue weighted by Crippen LogP contribution is -2.02. The first-order valence-corrected chi connectivity index (χ1v) is 7.61. The van der Waals surface area contributed by atoms with E-state index in [-0.39, 0.29) is 0 Å². The highest BCUT2D eigenvalue weighted by atomic mass is 79.9. The third-order valence-corrected chi connectivity index (χ3v) is 3.52. The van der Waals surface area contributed by atoms with Gasteiger partial charge in [-0.3, -0.25) is 0 Å². The van der Waals surface area contributed by atoms with Crippen LogP contribution in [0.5, 0.6) is 0 Å². The molecule has 0 atom stereocenters. The van der Waals surface area contributed by atoms with E-state index in [9.17, 15) is 0 Å². The van der Waals surface area contributed by atoms with E-state index in [0.717, 1.165) is 15.8 Å². The van der Waals surface area contributed by atoms with Crippen LogP contribution in [0.2, 0.25) is 5.02 Å². The molecule has 0 saturated heterocycles. The van der Waals surface area contributed by atoms with Crippen molar-refractivity contribution in [3.8, 4) is 0 Å². The molecule has 0 aliphatic carbocycles. The van der Waals surface area contributed by atoms with Crippen molar-refractivity contribution < 1.29 is 0 Å². The lowest BCUT2D eigenvalue weighted by atomic mass is 10.3. The molecule has 22 heavy (non-hydrogen) atoms. The topological polar surface area (TPSA) is 62.7 Å². The van der Waals surface area contributed by atoms with Crippen LogP contribution >= 0.6 is 27.5 Å². The minimum atomic E-state index is 0.393. The predicted octanol–water partition coefficient (Wildman–Crippen LogP) is 4.77. The fraction of sp³-hybridized carbons (Fsp3) is 0. The highest BCUT2D eigenvalue weighted by Gasteiger charge is 2.02. The van der Waals surface area contributed by atoms with Gasteiger partial charge in [-0.15, -0.1) is 5.10 Å². The molecular formula is C15H11BrClN5. The molecule has 2 aromatic carbocycles. The van der Waals surface area contributed by atoms with Crippen molar-refractivity contribution >= 4 is 50.7 Å². The molecule has 0 spiro atoms. The van der Waals surface area contributed by atoms with Crippen LogP contribution in [-0.2, 0) is 0 Å². The highest BCUT2D eigenvalue weighted by molar-refractivity contribution is 9.10. The second-order valence-electron chi connectivity index (χ2n) is 4.43. The van der Waals surface area contributed by atoms with Crippen LogP contribution in [0.1, 0.15) is 0 Å². The van der Waals surface area contributed by atoms with Gasteiger partial charge in [-0.05, 0) is 42.5 Å². The molecule has 110 valence electrons. The third kappa shape index (κ3) is 3.93. The Balaban J connectivity index is 1.76. The van der Waals surface area contributed by atoms with E-state index in [2.05, 4.69) is 41.7 Å². The van der Waals surface area contributed by atoms with Gasteiger partial charge in [0.05, 0.1) is 6.20 Å². The van der Waals surface area contributed by atoms with Gasteiger partial charge in [-0.2, -0.15) is 10.1 Å². The molecule has 0 unspecified atom stereocenters. The Hall–Kier alpha value is -2.18. The number of hydrogen-bond acceptors (Lipinski definition) is 5. The van der Waals surface area contributed by atoms with Crippen LogP contribution in [0, 0.1) is 0 Å². The van der Waals surface area contributed by atoms with Gasteiger partial charge in [0.15, 0.2) is 5.82 Å². The minimum absolute atomic E-state index is 0.393. The van der Waals surface area contributed by atoms with Gasteiger partial charge < -0.3 is 10.6 Å². The molecule has 2 N–H and O–H groups in total. The van der Waals surface area contributed by atoms with Crippen LogP contribution in [0.4, 0.5) is 23.1 Å². The van der Waals surface area contributed by atoms with Gasteiger partial charge in [0.2, 0.25) is 5.95 Å². The fourth-order valence-electron chi connectivity index (χ4n) is 1.79. The molecule has 0 saturated carbocycles. The Morgan fingerprint density at radius 1 is 0.955 bits per heavy atom. The van der Waals surface area contributed by atoms with Crippen LogP contribution in [0.25, 0.3) is 0 Å². The first kappa shape index (κ1) is 14.7. The summed E-state index contributed by atoms with van der Waals surface area (Å²) in [4.78, 5) is 4.36. The van der Waals surface area contributed by atoms with Crippen molar-refractivity contribution in [3.63, 3.8) is 0 Å². The van der Waals surface area contributed by atoms with Crippen molar-refractivity contribution in [3.05, 3.63) is 64.2 Å². The maximum absolute atomic E-state index is 5.95.